The third-order valence-corrected chi connectivity index (χ3v) is 2.45. The number of hydrogen-bond donors (Lipinski definition) is 0. The van der Waals surface area contributed by atoms with Crippen LogP contribution in [0.1, 0.15) is 28.8 Å². The molecule has 94 valence electrons. The largest absolute Gasteiger partial charge is 0.294 e. The number of nitro benzene ring substituents is 1. The van der Waals surface area contributed by atoms with Crippen LogP contribution in [-0.2, 0) is 0 Å². The first-order valence-electron chi connectivity index (χ1n) is 5.35. The van der Waals surface area contributed by atoms with Crippen LogP contribution in [-0.4, -0.2) is 17.3 Å². The van der Waals surface area contributed by atoms with E-state index in [2.05, 4.69) is 10.0 Å². The van der Waals surface area contributed by atoms with Gasteiger partial charge in [0.1, 0.15) is 0 Å². The van der Waals surface area contributed by atoms with Gasteiger partial charge in [-0.05, 0) is 18.9 Å². The molecule has 0 aliphatic carbocycles. The molecule has 0 aliphatic heterocycles. The molecule has 0 N–H and O–H groups in total. The summed E-state index contributed by atoms with van der Waals surface area (Å²) in [5.41, 5.74) is 8.85. The van der Waals surface area contributed by atoms with Crippen LogP contribution in [0.15, 0.2) is 23.3 Å². The first-order chi connectivity index (χ1) is 8.56. The smallest absolute Gasteiger partial charge is 0.273 e. The number of ketones is 1. The number of nitrogens with zero attached hydrogens (tertiary/aromatic N) is 4. The maximum absolute atomic E-state index is 11.7. The van der Waals surface area contributed by atoms with Gasteiger partial charge in [0.25, 0.3) is 5.69 Å². The Balaban J connectivity index is 2.77. The van der Waals surface area contributed by atoms with Crippen molar-refractivity contribution in [2.45, 2.75) is 19.8 Å². The fraction of sp³-hybridized carbons (Fsp3) is 0.364. The minimum Gasteiger partial charge on any atom is -0.294 e. The Kier molecular flexibility index (Phi) is 4.83. The maximum Gasteiger partial charge on any atom is 0.273 e. The van der Waals surface area contributed by atoms with Crippen LogP contribution >= 0.6 is 0 Å². The van der Waals surface area contributed by atoms with Gasteiger partial charge in [0.2, 0.25) is 0 Å². The molecule has 1 aromatic rings. The summed E-state index contributed by atoms with van der Waals surface area (Å²) in [4.78, 5) is 24.5. The van der Waals surface area contributed by atoms with Crippen LogP contribution in [0.2, 0.25) is 0 Å². The standard InChI is InChI=1S/C11H12N4O3/c1-8-4-5-9(7-10(8)15(17)18)11(16)3-2-6-13-14-12/h4-5,7H,2-3,6H2,1H3. The molecular formula is C11H12N4O3. The van der Waals surface area contributed by atoms with Crippen molar-refractivity contribution in [3.63, 3.8) is 0 Å². The third kappa shape index (κ3) is 3.57. The van der Waals surface area contributed by atoms with E-state index < -0.39 is 4.92 Å². The van der Waals surface area contributed by atoms with Crippen molar-refractivity contribution in [3.8, 4) is 0 Å². The molecule has 0 spiro atoms. The van der Waals surface area contributed by atoms with E-state index in [1.54, 1.807) is 19.1 Å². The van der Waals surface area contributed by atoms with Crippen molar-refractivity contribution < 1.29 is 9.72 Å². The summed E-state index contributed by atoms with van der Waals surface area (Å²) >= 11 is 0. The second-order valence-corrected chi connectivity index (χ2v) is 3.74. The number of hydrogen-bond acceptors (Lipinski definition) is 4. The monoisotopic (exact) mass is 248 g/mol. The van der Waals surface area contributed by atoms with E-state index in [1.807, 2.05) is 0 Å². The summed E-state index contributed by atoms with van der Waals surface area (Å²) in [5.74, 6) is -0.189. The number of aryl methyl sites for hydroxylation is 1. The van der Waals surface area contributed by atoms with E-state index in [0.29, 0.717) is 17.5 Å². The molecule has 7 heteroatoms. The van der Waals surface area contributed by atoms with Gasteiger partial charge in [-0.2, -0.15) is 0 Å². The highest BCUT2D eigenvalue weighted by Crippen LogP contribution is 2.20. The highest BCUT2D eigenvalue weighted by atomic mass is 16.6. The summed E-state index contributed by atoms with van der Waals surface area (Å²) in [6, 6.07) is 4.41. The van der Waals surface area contributed by atoms with Gasteiger partial charge in [0.15, 0.2) is 5.78 Å². The zero-order chi connectivity index (χ0) is 13.5. The zero-order valence-electron chi connectivity index (χ0n) is 9.87. The molecule has 18 heavy (non-hydrogen) atoms. The number of carbonyl (C=O) groups is 1. The predicted octanol–water partition coefficient (Wildman–Crippen LogP) is 3.18. The molecule has 7 nitrogen and oxygen atoms in total. The van der Waals surface area contributed by atoms with Crippen molar-refractivity contribution in [2.24, 2.45) is 5.11 Å². The summed E-state index contributed by atoms with van der Waals surface area (Å²) < 4.78 is 0. The van der Waals surface area contributed by atoms with Crippen LogP contribution in [0.5, 0.6) is 0 Å². The first-order valence-corrected chi connectivity index (χ1v) is 5.35. The summed E-state index contributed by atoms with van der Waals surface area (Å²) in [6.45, 7) is 1.87. The molecule has 0 unspecified atom stereocenters. The van der Waals surface area contributed by atoms with Crippen LogP contribution in [0.25, 0.3) is 10.4 Å². The van der Waals surface area contributed by atoms with Crippen LogP contribution in [0.3, 0.4) is 0 Å². The van der Waals surface area contributed by atoms with E-state index >= 15 is 0 Å². The van der Waals surface area contributed by atoms with Gasteiger partial charge in [-0.3, -0.25) is 14.9 Å². The Morgan fingerprint density at radius 2 is 2.28 bits per heavy atom. The van der Waals surface area contributed by atoms with E-state index in [0.717, 1.165) is 0 Å². The number of azide groups is 1. The molecule has 0 atom stereocenters. The lowest BCUT2D eigenvalue weighted by atomic mass is 10.0. The van der Waals surface area contributed by atoms with Gasteiger partial charge in [-0.1, -0.05) is 17.2 Å². The average molecular weight is 248 g/mol. The molecule has 0 heterocycles. The van der Waals surface area contributed by atoms with Gasteiger partial charge in [-0.15, -0.1) is 0 Å². The molecule has 0 saturated carbocycles. The van der Waals surface area contributed by atoms with Gasteiger partial charge in [-0.25, -0.2) is 0 Å². The highest BCUT2D eigenvalue weighted by Gasteiger charge is 2.14. The van der Waals surface area contributed by atoms with E-state index in [-0.39, 0.29) is 24.4 Å². The fourth-order valence-electron chi connectivity index (χ4n) is 1.48. The Bertz CT molecular complexity index is 521. The molecule has 0 aromatic heterocycles. The lowest BCUT2D eigenvalue weighted by molar-refractivity contribution is -0.385. The minimum absolute atomic E-state index is 0.0594. The Morgan fingerprint density at radius 3 is 2.89 bits per heavy atom. The van der Waals surface area contributed by atoms with Crippen LogP contribution in [0.4, 0.5) is 5.69 Å². The minimum atomic E-state index is -0.508. The van der Waals surface area contributed by atoms with Gasteiger partial charge < -0.3 is 0 Å². The topological polar surface area (TPSA) is 109 Å². The Labute approximate surface area is 103 Å². The molecule has 0 fully saturated rings. The van der Waals surface area contributed by atoms with Crippen molar-refractivity contribution >= 4 is 11.5 Å². The first kappa shape index (κ1) is 13.7. The molecule has 0 aliphatic rings. The summed E-state index contributed by atoms with van der Waals surface area (Å²) in [5, 5.41) is 14.1. The van der Waals surface area contributed by atoms with E-state index in [9.17, 15) is 14.9 Å². The van der Waals surface area contributed by atoms with Crippen LogP contribution < -0.4 is 0 Å². The average Bonchev–Trinajstić information content (AvgIpc) is 2.34. The number of nitro groups is 1. The van der Waals surface area contributed by atoms with Gasteiger partial charge in [0.05, 0.1) is 4.92 Å². The van der Waals surface area contributed by atoms with E-state index in [4.69, 9.17) is 5.53 Å². The third-order valence-electron chi connectivity index (χ3n) is 2.45. The number of Topliss-reactive ketones (excluding diaryl/α,β-unsaturated/α-hetero) is 1. The number of carbonyl (C=O) groups excluding carboxylic acids is 1. The molecule has 0 amide bonds. The van der Waals surface area contributed by atoms with Crippen molar-refractivity contribution in [1.82, 2.24) is 0 Å². The Hall–Kier alpha value is -2.40. The normalized spacial score (nSPS) is 9.61. The van der Waals surface area contributed by atoms with Gasteiger partial charge in [0, 0.05) is 35.1 Å². The number of benzene rings is 1. The van der Waals surface area contributed by atoms with Gasteiger partial charge >= 0.3 is 0 Å². The molecule has 0 radical (unpaired) electrons. The number of rotatable bonds is 6. The van der Waals surface area contributed by atoms with Crippen molar-refractivity contribution in [1.29, 1.82) is 0 Å². The maximum atomic E-state index is 11.7. The zero-order valence-corrected chi connectivity index (χ0v) is 9.87. The SMILES string of the molecule is Cc1ccc(C(=O)CCCN=[N+]=[N-])cc1[N+](=O)[O-]. The molecule has 1 rings (SSSR count). The molecule has 0 saturated heterocycles. The quantitative estimate of drug-likeness (QED) is 0.147. The second-order valence-electron chi connectivity index (χ2n) is 3.74. The van der Waals surface area contributed by atoms with Crippen molar-refractivity contribution in [3.05, 3.63) is 49.9 Å². The lowest BCUT2D eigenvalue weighted by Crippen LogP contribution is -2.02. The van der Waals surface area contributed by atoms with Crippen molar-refractivity contribution in [2.75, 3.05) is 6.54 Å². The molecule has 1 aromatic carbocycles. The fourth-order valence-corrected chi connectivity index (χ4v) is 1.48. The summed E-state index contributed by atoms with van der Waals surface area (Å²) in [6.07, 6.45) is 0.643. The van der Waals surface area contributed by atoms with E-state index in [1.165, 1.54) is 6.07 Å². The lowest BCUT2D eigenvalue weighted by Gasteiger charge is -2.02. The second kappa shape index (κ2) is 6.36. The predicted molar refractivity (Wildman–Crippen MR) is 65.4 cm³/mol. The molecular weight excluding hydrogens is 236 g/mol. The van der Waals surface area contributed by atoms with Crippen LogP contribution in [0, 0.1) is 17.0 Å². The Morgan fingerprint density at radius 1 is 1.56 bits per heavy atom. The summed E-state index contributed by atoms with van der Waals surface area (Å²) in [7, 11) is 0. The molecule has 0 bridgehead atoms. The highest BCUT2D eigenvalue weighted by molar-refractivity contribution is 5.96.